The van der Waals surface area contributed by atoms with Gasteiger partial charge in [0, 0.05) is 31.7 Å². The second-order valence-corrected chi connectivity index (χ2v) is 7.64. The molecule has 0 aromatic heterocycles. The average Bonchev–Trinajstić information content (AvgIpc) is 2.56. The minimum Gasteiger partial charge on any atom is -0.311 e. The van der Waals surface area contributed by atoms with Gasteiger partial charge in [0.1, 0.15) is 0 Å². The van der Waals surface area contributed by atoms with Gasteiger partial charge in [0.05, 0.1) is 0 Å². The Kier molecular flexibility index (Phi) is 5.54. The Hall–Kier alpha value is -0.860. The van der Waals surface area contributed by atoms with Crippen LogP contribution in [0.1, 0.15) is 51.5 Å². The maximum Gasteiger partial charge on any atom is 0.0253 e. The maximum atomic E-state index is 3.84. The molecule has 1 aromatic rings. The first-order chi connectivity index (χ1) is 10.7. The molecule has 2 fully saturated rings. The molecule has 2 heteroatoms. The number of nitrogens with one attached hydrogen (secondary N) is 1. The highest BCUT2D eigenvalue weighted by Gasteiger charge is 2.34. The van der Waals surface area contributed by atoms with E-state index in [1.165, 1.54) is 50.8 Å². The zero-order valence-corrected chi connectivity index (χ0v) is 14.3. The van der Waals surface area contributed by atoms with Crippen LogP contribution in [-0.4, -0.2) is 30.1 Å². The fraction of sp³-hybridized carbons (Fsp3) is 0.700. The summed E-state index contributed by atoms with van der Waals surface area (Å²) in [5, 5.41) is 3.84. The van der Waals surface area contributed by atoms with Crippen LogP contribution in [0.2, 0.25) is 0 Å². The van der Waals surface area contributed by atoms with Gasteiger partial charge in [0.2, 0.25) is 0 Å². The Labute approximate surface area is 136 Å². The minimum absolute atomic E-state index is 0.642. The van der Waals surface area contributed by atoms with Crippen LogP contribution >= 0.6 is 0 Å². The number of nitrogens with zero attached hydrogens (tertiary/aromatic N) is 1. The van der Waals surface area contributed by atoms with Gasteiger partial charge in [-0.25, -0.2) is 0 Å². The van der Waals surface area contributed by atoms with Crippen LogP contribution < -0.4 is 5.32 Å². The molecular formula is C20H32N2. The number of piperazine rings is 1. The molecule has 0 radical (unpaired) electrons. The summed E-state index contributed by atoms with van der Waals surface area (Å²) in [7, 11) is 0. The van der Waals surface area contributed by atoms with Gasteiger partial charge in [-0.15, -0.1) is 0 Å². The molecule has 2 aliphatic rings. The molecule has 0 amide bonds. The number of benzene rings is 1. The van der Waals surface area contributed by atoms with Crippen molar-refractivity contribution in [3.8, 4) is 0 Å². The van der Waals surface area contributed by atoms with Gasteiger partial charge in [-0.2, -0.15) is 0 Å². The van der Waals surface area contributed by atoms with E-state index in [1.807, 2.05) is 0 Å². The highest BCUT2D eigenvalue weighted by Crippen LogP contribution is 2.31. The summed E-state index contributed by atoms with van der Waals surface area (Å²) < 4.78 is 0. The highest BCUT2D eigenvalue weighted by atomic mass is 15.2. The third-order valence-corrected chi connectivity index (χ3v) is 5.72. The summed E-state index contributed by atoms with van der Waals surface area (Å²) in [6.45, 7) is 8.19. The van der Waals surface area contributed by atoms with Gasteiger partial charge in [-0.05, 0) is 30.2 Å². The van der Waals surface area contributed by atoms with E-state index < -0.39 is 0 Å². The van der Waals surface area contributed by atoms with Crippen LogP contribution in [0.25, 0.3) is 0 Å². The van der Waals surface area contributed by atoms with E-state index in [4.69, 9.17) is 0 Å². The SMILES string of the molecule is CC(C)C1CN(Cc2ccccc2)C(C2CCCCC2)CN1. The second kappa shape index (κ2) is 7.61. The Morgan fingerprint density at radius 1 is 1.09 bits per heavy atom. The van der Waals surface area contributed by atoms with Crippen LogP contribution in [0.4, 0.5) is 0 Å². The van der Waals surface area contributed by atoms with Crippen molar-refractivity contribution in [3.05, 3.63) is 35.9 Å². The molecule has 22 heavy (non-hydrogen) atoms. The van der Waals surface area contributed by atoms with Crippen molar-refractivity contribution in [3.63, 3.8) is 0 Å². The first-order valence-corrected chi connectivity index (χ1v) is 9.25. The Balaban J connectivity index is 1.71. The lowest BCUT2D eigenvalue weighted by atomic mass is 9.81. The van der Waals surface area contributed by atoms with Crippen LogP contribution in [0, 0.1) is 11.8 Å². The van der Waals surface area contributed by atoms with Crippen molar-refractivity contribution in [1.29, 1.82) is 0 Å². The zero-order chi connectivity index (χ0) is 15.4. The standard InChI is InChI=1S/C20H32N2/c1-16(2)19-15-22(14-17-9-5-3-6-10-17)20(13-21-19)18-11-7-4-8-12-18/h3,5-6,9-10,16,18-21H,4,7-8,11-15H2,1-2H3. The molecule has 2 atom stereocenters. The summed E-state index contributed by atoms with van der Waals surface area (Å²) in [6.07, 6.45) is 7.19. The Bertz CT molecular complexity index is 436. The van der Waals surface area contributed by atoms with Crippen molar-refractivity contribution >= 4 is 0 Å². The van der Waals surface area contributed by atoms with E-state index in [0.29, 0.717) is 12.0 Å². The second-order valence-electron chi connectivity index (χ2n) is 7.64. The molecule has 1 aliphatic carbocycles. The summed E-state index contributed by atoms with van der Waals surface area (Å²) in [6, 6.07) is 12.4. The normalized spacial score (nSPS) is 28.1. The lowest BCUT2D eigenvalue weighted by Gasteiger charge is -2.46. The zero-order valence-electron chi connectivity index (χ0n) is 14.3. The Morgan fingerprint density at radius 3 is 2.50 bits per heavy atom. The molecule has 122 valence electrons. The van der Waals surface area contributed by atoms with E-state index in [0.717, 1.165) is 18.5 Å². The first-order valence-electron chi connectivity index (χ1n) is 9.25. The lowest BCUT2D eigenvalue weighted by Crippen LogP contribution is -2.60. The Morgan fingerprint density at radius 2 is 1.82 bits per heavy atom. The van der Waals surface area contributed by atoms with Crippen LogP contribution in [0.3, 0.4) is 0 Å². The summed E-state index contributed by atoms with van der Waals surface area (Å²) in [5.41, 5.74) is 1.47. The van der Waals surface area contributed by atoms with E-state index in [9.17, 15) is 0 Å². The lowest BCUT2D eigenvalue weighted by molar-refractivity contribution is 0.0553. The van der Waals surface area contributed by atoms with Gasteiger partial charge in [0.25, 0.3) is 0 Å². The molecule has 0 bridgehead atoms. The maximum absolute atomic E-state index is 3.84. The summed E-state index contributed by atoms with van der Waals surface area (Å²) in [5.74, 6) is 1.61. The molecule has 1 N–H and O–H groups in total. The van der Waals surface area contributed by atoms with Crippen LogP contribution in [0.15, 0.2) is 30.3 Å². The van der Waals surface area contributed by atoms with Crippen LogP contribution in [0.5, 0.6) is 0 Å². The van der Waals surface area contributed by atoms with Gasteiger partial charge >= 0.3 is 0 Å². The van der Waals surface area contributed by atoms with E-state index in [2.05, 4.69) is 54.4 Å². The minimum atomic E-state index is 0.642. The predicted molar refractivity (Wildman–Crippen MR) is 93.8 cm³/mol. The van der Waals surface area contributed by atoms with E-state index in [-0.39, 0.29) is 0 Å². The number of hydrogen-bond donors (Lipinski definition) is 1. The summed E-state index contributed by atoms with van der Waals surface area (Å²) >= 11 is 0. The van der Waals surface area contributed by atoms with Crippen LogP contribution in [-0.2, 0) is 6.54 Å². The molecule has 1 saturated carbocycles. The largest absolute Gasteiger partial charge is 0.311 e. The van der Waals surface area contributed by atoms with Gasteiger partial charge in [0.15, 0.2) is 0 Å². The van der Waals surface area contributed by atoms with Crippen molar-refractivity contribution in [2.45, 2.75) is 64.6 Å². The molecular weight excluding hydrogens is 268 g/mol. The molecule has 1 aliphatic heterocycles. The molecule has 1 saturated heterocycles. The van der Waals surface area contributed by atoms with Gasteiger partial charge in [-0.3, -0.25) is 4.90 Å². The number of hydrogen-bond acceptors (Lipinski definition) is 2. The summed E-state index contributed by atoms with van der Waals surface area (Å²) in [4.78, 5) is 2.78. The third kappa shape index (κ3) is 3.91. The predicted octanol–water partition coefficient (Wildman–Crippen LogP) is 4.07. The topological polar surface area (TPSA) is 15.3 Å². The molecule has 1 heterocycles. The smallest absolute Gasteiger partial charge is 0.0253 e. The average molecular weight is 300 g/mol. The number of rotatable bonds is 4. The van der Waals surface area contributed by atoms with Gasteiger partial charge in [-0.1, -0.05) is 63.4 Å². The van der Waals surface area contributed by atoms with Crippen molar-refractivity contribution < 1.29 is 0 Å². The van der Waals surface area contributed by atoms with E-state index >= 15 is 0 Å². The molecule has 0 spiro atoms. The fourth-order valence-electron chi connectivity index (χ4n) is 4.28. The third-order valence-electron chi connectivity index (χ3n) is 5.72. The molecule has 2 nitrogen and oxygen atoms in total. The fourth-order valence-corrected chi connectivity index (χ4v) is 4.28. The molecule has 2 unspecified atom stereocenters. The van der Waals surface area contributed by atoms with Crippen molar-refractivity contribution in [1.82, 2.24) is 10.2 Å². The monoisotopic (exact) mass is 300 g/mol. The molecule has 1 aromatic carbocycles. The highest BCUT2D eigenvalue weighted by molar-refractivity contribution is 5.15. The van der Waals surface area contributed by atoms with E-state index in [1.54, 1.807) is 0 Å². The quantitative estimate of drug-likeness (QED) is 0.902. The molecule has 3 rings (SSSR count). The van der Waals surface area contributed by atoms with Crippen molar-refractivity contribution in [2.24, 2.45) is 11.8 Å². The van der Waals surface area contributed by atoms with Gasteiger partial charge < -0.3 is 5.32 Å². The van der Waals surface area contributed by atoms with Crippen molar-refractivity contribution in [2.75, 3.05) is 13.1 Å². The first kappa shape index (κ1) is 16.0.